The van der Waals surface area contributed by atoms with E-state index in [4.69, 9.17) is 10.3 Å². The van der Waals surface area contributed by atoms with Crippen LogP contribution in [0.2, 0.25) is 0 Å². The lowest BCUT2D eigenvalue weighted by molar-refractivity contribution is -0.0553. The predicted octanol–water partition coefficient (Wildman–Crippen LogP) is 0.0649. The van der Waals surface area contributed by atoms with E-state index in [1.54, 1.807) is 0 Å². The average Bonchev–Trinajstić information content (AvgIpc) is 3.02. The minimum Gasteiger partial charge on any atom is -0.394 e. The first-order valence-electron chi connectivity index (χ1n) is 8.64. The van der Waals surface area contributed by atoms with Gasteiger partial charge < -0.3 is 20.1 Å². The number of azide groups is 1. The van der Waals surface area contributed by atoms with Crippen LogP contribution in [-0.4, -0.2) is 61.3 Å². The van der Waals surface area contributed by atoms with Crippen LogP contribution in [0.3, 0.4) is 0 Å². The summed E-state index contributed by atoms with van der Waals surface area (Å²) in [5, 5.41) is 32.5. The third kappa shape index (κ3) is 4.46. The molecule has 30 heavy (non-hydrogen) atoms. The third-order valence-corrected chi connectivity index (χ3v) is 5.44. The van der Waals surface area contributed by atoms with Gasteiger partial charge in [-0.2, -0.15) is 0 Å². The maximum absolute atomic E-state index is 12.4. The van der Waals surface area contributed by atoms with E-state index in [9.17, 15) is 29.7 Å². The van der Waals surface area contributed by atoms with Gasteiger partial charge in [-0.15, -0.1) is 11.8 Å². The van der Waals surface area contributed by atoms with Crippen molar-refractivity contribution in [3.8, 4) is 0 Å². The van der Waals surface area contributed by atoms with Crippen LogP contribution >= 0.6 is 11.8 Å². The van der Waals surface area contributed by atoms with Crippen LogP contribution in [0.25, 0.3) is 10.4 Å². The standard InChI is InChI=1S/C17H17N5O7S/c18-21-20-9-3-1-8(2-4-9)10(24)7-30-12-5-22(17(28)19-15(12)27)16-14(26)13(25)11(6-23)29-16/h1-5,11,13-14,16,23,25-26H,6-7H2,(H,19,27,28)/t11-,13-,14-,16-/m1/s1. The molecule has 0 saturated carbocycles. The van der Waals surface area contributed by atoms with E-state index < -0.39 is 42.4 Å². The van der Waals surface area contributed by atoms with Gasteiger partial charge in [0, 0.05) is 22.4 Å². The maximum Gasteiger partial charge on any atom is 0.330 e. The molecule has 0 spiro atoms. The molecule has 158 valence electrons. The van der Waals surface area contributed by atoms with Gasteiger partial charge in [0.2, 0.25) is 0 Å². The number of H-pyrrole nitrogens is 1. The van der Waals surface area contributed by atoms with Gasteiger partial charge in [-0.05, 0) is 5.53 Å². The summed E-state index contributed by atoms with van der Waals surface area (Å²) >= 11 is 0.871. The molecular weight excluding hydrogens is 418 g/mol. The average molecular weight is 435 g/mol. The molecule has 2 heterocycles. The zero-order chi connectivity index (χ0) is 21.8. The number of nitrogens with zero attached hydrogens (tertiary/aromatic N) is 4. The van der Waals surface area contributed by atoms with Crippen LogP contribution in [0, 0.1) is 0 Å². The first kappa shape index (κ1) is 21.8. The van der Waals surface area contributed by atoms with Crippen molar-refractivity contribution in [3.63, 3.8) is 0 Å². The first-order valence-corrected chi connectivity index (χ1v) is 9.63. The minimum atomic E-state index is -1.50. The number of aromatic nitrogens is 2. The molecule has 1 saturated heterocycles. The molecule has 0 bridgehead atoms. The van der Waals surface area contributed by atoms with E-state index >= 15 is 0 Å². The van der Waals surface area contributed by atoms with E-state index in [2.05, 4.69) is 15.0 Å². The van der Waals surface area contributed by atoms with Gasteiger partial charge in [-0.1, -0.05) is 29.4 Å². The molecule has 1 aromatic heterocycles. The highest BCUT2D eigenvalue weighted by atomic mass is 32.2. The third-order valence-electron chi connectivity index (χ3n) is 4.43. The highest BCUT2D eigenvalue weighted by Crippen LogP contribution is 2.28. The Morgan fingerprint density at radius 2 is 1.97 bits per heavy atom. The first-order chi connectivity index (χ1) is 14.3. The summed E-state index contributed by atoms with van der Waals surface area (Å²) in [6.07, 6.45) is -4.19. The molecular formula is C17H17N5O7S. The van der Waals surface area contributed by atoms with Gasteiger partial charge in [0.1, 0.15) is 18.3 Å². The second kappa shape index (κ2) is 9.26. The van der Waals surface area contributed by atoms with Crippen molar-refractivity contribution in [2.24, 2.45) is 5.11 Å². The molecule has 0 unspecified atom stereocenters. The number of thioether (sulfide) groups is 1. The maximum atomic E-state index is 12.4. The highest BCUT2D eigenvalue weighted by Gasteiger charge is 2.43. The van der Waals surface area contributed by atoms with Crippen molar-refractivity contribution in [2.45, 2.75) is 29.4 Å². The summed E-state index contributed by atoms with van der Waals surface area (Å²) in [5.41, 5.74) is 7.49. The van der Waals surface area contributed by atoms with Gasteiger partial charge in [0.05, 0.1) is 17.3 Å². The fraction of sp³-hybridized carbons (Fsp3) is 0.353. The number of benzene rings is 1. The SMILES string of the molecule is [N-]=[N+]=Nc1ccc(C(=O)CSc2cn([C@@H]3O[C@H](CO)[C@@H](O)[C@H]3O)c(=O)[nH]c2=O)cc1. The number of ketones is 1. The highest BCUT2D eigenvalue weighted by molar-refractivity contribution is 8.00. The zero-order valence-electron chi connectivity index (χ0n) is 15.3. The number of rotatable bonds is 7. The molecule has 0 aliphatic carbocycles. The van der Waals surface area contributed by atoms with Crippen molar-refractivity contribution in [1.29, 1.82) is 0 Å². The molecule has 0 radical (unpaired) electrons. The molecule has 12 nitrogen and oxygen atoms in total. The number of ether oxygens (including phenoxy) is 1. The van der Waals surface area contributed by atoms with Gasteiger partial charge in [0.25, 0.3) is 5.56 Å². The van der Waals surface area contributed by atoms with Crippen LogP contribution in [0.1, 0.15) is 16.6 Å². The number of hydrogen-bond donors (Lipinski definition) is 4. The Hall–Kier alpha value is -2.93. The quantitative estimate of drug-likeness (QED) is 0.154. The van der Waals surface area contributed by atoms with Crippen molar-refractivity contribution in [2.75, 3.05) is 12.4 Å². The second-order valence-corrected chi connectivity index (χ2v) is 7.35. The smallest absolute Gasteiger partial charge is 0.330 e. The summed E-state index contributed by atoms with van der Waals surface area (Å²) in [6.45, 7) is -0.568. The fourth-order valence-electron chi connectivity index (χ4n) is 2.86. The Kier molecular flexibility index (Phi) is 6.72. The molecule has 4 atom stereocenters. The summed E-state index contributed by atoms with van der Waals surface area (Å²) < 4.78 is 6.20. The molecule has 13 heteroatoms. The van der Waals surface area contributed by atoms with Crippen molar-refractivity contribution in [3.05, 3.63) is 67.3 Å². The number of aliphatic hydroxyl groups is 3. The van der Waals surface area contributed by atoms with E-state index in [0.29, 0.717) is 11.3 Å². The zero-order valence-corrected chi connectivity index (χ0v) is 16.1. The number of carbonyl (C=O) groups excluding carboxylic acids is 1. The van der Waals surface area contributed by atoms with E-state index in [-0.39, 0.29) is 16.4 Å². The lowest BCUT2D eigenvalue weighted by atomic mass is 10.1. The predicted molar refractivity (Wildman–Crippen MR) is 105 cm³/mol. The molecule has 4 N–H and O–H groups in total. The summed E-state index contributed by atoms with van der Waals surface area (Å²) in [4.78, 5) is 41.3. The lowest BCUT2D eigenvalue weighted by Gasteiger charge is -2.17. The van der Waals surface area contributed by atoms with E-state index in [1.165, 1.54) is 24.3 Å². The Bertz CT molecular complexity index is 1090. The number of Topliss-reactive ketones (excluding diaryl/α,β-unsaturated/α-hetero) is 1. The molecule has 1 aliphatic heterocycles. The fourth-order valence-corrected chi connectivity index (χ4v) is 3.68. The Balaban J connectivity index is 1.77. The number of aromatic amines is 1. The largest absolute Gasteiger partial charge is 0.394 e. The Morgan fingerprint density at radius 1 is 1.27 bits per heavy atom. The van der Waals surface area contributed by atoms with Crippen molar-refractivity contribution in [1.82, 2.24) is 9.55 Å². The summed E-state index contributed by atoms with van der Waals surface area (Å²) in [5.74, 6) is -0.435. The topological polar surface area (TPSA) is 191 Å². The lowest BCUT2D eigenvalue weighted by Crippen LogP contribution is -2.38. The van der Waals surface area contributed by atoms with Crippen molar-refractivity contribution >= 4 is 23.2 Å². The normalized spacial score (nSPS) is 23.2. The number of aliphatic hydroxyl groups excluding tert-OH is 3. The number of hydrogen-bond acceptors (Lipinski definition) is 9. The van der Waals surface area contributed by atoms with E-state index in [0.717, 1.165) is 22.5 Å². The Labute approximate surface area is 172 Å². The van der Waals surface area contributed by atoms with Crippen LogP contribution in [0.5, 0.6) is 0 Å². The van der Waals surface area contributed by atoms with Crippen LogP contribution in [-0.2, 0) is 4.74 Å². The molecule has 0 amide bonds. The van der Waals surface area contributed by atoms with Gasteiger partial charge >= 0.3 is 5.69 Å². The van der Waals surface area contributed by atoms with E-state index in [1.807, 2.05) is 0 Å². The van der Waals surface area contributed by atoms with Gasteiger partial charge in [-0.3, -0.25) is 19.1 Å². The van der Waals surface area contributed by atoms with Crippen molar-refractivity contribution < 1.29 is 24.9 Å². The number of carbonyl (C=O) groups is 1. The monoisotopic (exact) mass is 435 g/mol. The number of nitrogens with one attached hydrogen (secondary N) is 1. The van der Waals surface area contributed by atoms with Crippen LogP contribution in [0.15, 0.2) is 50.1 Å². The molecule has 2 aromatic rings. The molecule has 1 aliphatic rings. The second-order valence-electron chi connectivity index (χ2n) is 6.34. The van der Waals surface area contributed by atoms with Gasteiger partial charge in [-0.25, -0.2) is 4.79 Å². The van der Waals surface area contributed by atoms with Crippen LogP contribution in [0.4, 0.5) is 5.69 Å². The molecule has 1 aromatic carbocycles. The van der Waals surface area contributed by atoms with Gasteiger partial charge in [0.15, 0.2) is 12.0 Å². The minimum absolute atomic E-state index is 0.0198. The van der Waals surface area contributed by atoms with Crippen LogP contribution < -0.4 is 11.2 Å². The summed E-state index contributed by atoms with van der Waals surface area (Å²) in [7, 11) is 0. The molecule has 1 fully saturated rings. The Morgan fingerprint density at radius 3 is 2.57 bits per heavy atom. The molecule has 3 rings (SSSR count). The summed E-state index contributed by atoms with van der Waals surface area (Å²) in [6, 6.07) is 5.92.